The van der Waals surface area contributed by atoms with Crippen molar-refractivity contribution in [3.05, 3.63) is 34.4 Å². The van der Waals surface area contributed by atoms with E-state index in [9.17, 15) is 70.2 Å². The van der Waals surface area contributed by atoms with E-state index in [1.165, 1.54) is 0 Å². The van der Waals surface area contributed by atoms with Crippen LogP contribution >= 0.6 is 0 Å². The van der Waals surface area contributed by atoms with Crippen LogP contribution in [0.2, 0.25) is 0 Å². The van der Waals surface area contributed by atoms with Crippen LogP contribution in [0.3, 0.4) is 0 Å². The molecule has 0 radical (unpaired) electrons. The average Bonchev–Trinajstić information content (AvgIpc) is 2.35. The Kier molecular flexibility index (Phi) is 5.19. The molecule has 0 aliphatic heterocycles. The van der Waals surface area contributed by atoms with Crippen molar-refractivity contribution in [3.8, 4) is 0 Å². The van der Waals surface area contributed by atoms with E-state index in [4.69, 9.17) is 0 Å². The molecule has 1 aromatic rings. The minimum Gasteiger partial charge on any atom is -0.203 e. The molecule has 1 aromatic carbocycles. The maximum atomic E-state index is 13.5. The van der Waals surface area contributed by atoms with Crippen LogP contribution in [0.5, 0.6) is 0 Å². The average molecular weight is 436 g/mol. The Hall–Kier alpha value is -1.90. The number of halogens is 16. The highest BCUT2D eigenvalue weighted by molar-refractivity contribution is 5.40. The molecule has 0 bridgehead atoms. The number of hydrogen-bond donors (Lipinski definition) is 0. The molecule has 156 valence electrons. The lowest BCUT2D eigenvalue weighted by atomic mass is 9.76. The van der Waals surface area contributed by atoms with Gasteiger partial charge in [-0.1, -0.05) is 0 Å². The lowest BCUT2D eigenvalue weighted by Gasteiger charge is -2.39. The molecule has 0 saturated carbocycles. The lowest BCUT2D eigenvalue weighted by molar-refractivity contribution is -0.388. The minimum absolute atomic E-state index is 3.65. The highest BCUT2D eigenvalue weighted by Crippen LogP contribution is 2.62. The summed E-state index contributed by atoms with van der Waals surface area (Å²) < 4.78 is 206. The van der Waals surface area contributed by atoms with Gasteiger partial charge >= 0.3 is 24.7 Å². The van der Waals surface area contributed by atoms with Crippen LogP contribution in [0, 0.1) is 23.3 Å². The first-order valence-electron chi connectivity index (χ1n) is 5.77. The minimum atomic E-state index is -7.72. The van der Waals surface area contributed by atoms with Crippen molar-refractivity contribution in [1.82, 2.24) is 0 Å². The molecule has 0 heterocycles. The van der Waals surface area contributed by atoms with Gasteiger partial charge in [0.05, 0.1) is 5.56 Å². The SMILES string of the molecule is Fc1c(F)c(C(C(F)(F)F)(C(F)(F)F)C(F)(F)F)c(F)c(F)c1C(F)(F)F. The predicted molar refractivity (Wildman–Crippen MR) is 51.1 cm³/mol. The quantitative estimate of drug-likeness (QED) is 0.364. The van der Waals surface area contributed by atoms with Gasteiger partial charge in [-0.25, -0.2) is 17.6 Å². The van der Waals surface area contributed by atoms with E-state index in [1.54, 1.807) is 0 Å². The van der Waals surface area contributed by atoms with E-state index < -0.39 is 64.5 Å². The summed E-state index contributed by atoms with van der Waals surface area (Å²) in [7, 11) is 0. The van der Waals surface area contributed by atoms with Gasteiger partial charge in [0.15, 0.2) is 23.3 Å². The molecule has 0 N–H and O–H groups in total. The Balaban J connectivity index is 4.34. The second-order valence-corrected chi connectivity index (χ2v) is 4.75. The second-order valence-electron chi connectivity index (χ2n) is 4.75. The van der Waals surface area contributed by atoms with Crippen LogP contribution in [-0.4, -0.2) is 18.5 Å². The molecule has 0 fully saturated rings. The Bertz CT molecular complexity index is 662. The number of hydrogen-bond acceptors (Lipinski definition) is 0. The highest BCUT2D eigenvalue weighted by atomic mass is 19.4. The van der Waals surface area contributed by atoms with E-state index >= 15 is 0 Å². The zero-order valence-electron chi connectivity index (χ0n) is 11.5. The monoisotopic (exact) mass is 436 g/mol. The van der Waals surface area contributed by atoms with Gasteiger partial charge < -0.3 is 0 Å². The molecule has 0 atom stereocenters. The van der Waals surface area contributed by atoms with Crippen LogP contribution in [0.15, 0.2) is 0 Å². The van der Waals surface area contributed by atoms with E-state index in [1.807, 2.05) is 0 Å². The standard InChI is InChI=1S/C11F16/c12-3-1(4(13)6(15)2(5(3)14)8(16,17)18)7(9(19,20)21,10(22,23)24)11(25,26)27. The van der Waals surface area contributed by atoms with Crippen LogP contribution < -0.4 is 0 Å². The number of rotatable bonds is 1. The van der Waals surface area contributed by atoms with Crippen LogP contribution in [0.1, 0.15) is 11.1 Å². The first kappa shape index (κ1) is 23.1. The Labute approximate surface area is 136 Å². The summed E-state index contributed by atoms with van der Waals surface area (Å²) in [5, 5.41) is 0. The number of alkyl halides is 12. The third-order valence-electron chi connectivity index (χ3n) is 3.20. The van der Waals surface area contributed by atoms with Crippen molar-refractivity contribution in [2.45, 2.75) is 30.1 Å². The molecule has 0 saturated heterocycles. The van der Waals surface area contributed by atoms with Gasteiger partial charge in [0, 0.05) is 0 Å². The molecule has 0 aliphatic rings. The van der Waals surface area contributed by atoms with Crippen molar-refractivity contribution in [3.63, 3.8) is 0 Å². The first-order valence-corrected chi connectivity index (χ1v) is 5.77. The zero-order valence-corrected chi connectivity index (χ0v) is 11.5. The van der Waals surface area contributed by atoms with Crippen molar-refractivity contribution in [2.75, 3.05) is 0 Å². The van der Waals surface area contributed by atoms with Crippen LogP contribution in [-0.2, 0) is 11.6 Å². The number of benzene rings is 1. The molecular weight excluding hydrogens is 436 g/mol. The molecule has 0 spiro atoms. The second kappa shape index (κ2) is 6.05. The van der Waals surface area contributed by atoms with Crippen molar-refractivity contribution < 1.29 is 70.2 Å². The van der Waals surface area contributed by atoms with E-state index in [2.05, 4.69) is 0 Å². The molecule has 0 nitrogen and oxygen atoms in total. The summed E-state index contributed by atoms with van der Waals surface area (Å²) in [5.74, 6) is -16.2. The maximum Gasteiger partial charge on any atom is 0.422 e. The first-order chi connectivity index (χ1) is 11.6. The Morgan fingerprint density at radius 1 is 0.370 bits per heavy atom. The van der Waals surface area contributed by atoms with Gasteiger partial charge in [-0.2, -0.15) is 52.7 Å². The van der Waals surface area contributed by atoms with Crippen molar-refractivity contribution >= 4 is 0 Å². The molecular formula is C11F16. The lowest BCUT2D eigenvalue weighted by Crippen LogP contribution is -2.64. The third-order valence-corrected chi connectivity index (χ3v) is 3.20. The van der Waals surface area contributed by atoms with Gasteiger partial charge in [-0.3, -0.25) is 0 Å². The fourth-order valence-electron chi connectivity index (χ4n) is 2.12. The summed E-state index contributed by atoms with van der Waals surface area (Å²) >= 11 is 0. The predicted octanol–water partition coefficient (Wildman–Crippen LogP) is 6.19. The summed E-state index contributed by atoms with van der Waals surface area (Å²) in [6.45, 7) is 0. The summed E-state index contributed by atoms with van der Waals surface area (Å²) in [5.41, 5.74) is -15.6. The van der Waals surface area contributed by atoms with Gasteiger partial charge in [0.2, 0.25) is 0 Å². The molecule has 0 amide bonds. The normalized spacial score (nSPS) is 14.7. The zero-order chi connectivity index (χ0) is 22.0. The van der Waals surface area contributed by atoms with Gasteiger partial charge in [-0.15, -0.1) is 0 Å². The van der Waals surface area contributed by atoms with E-state index in [0.717, 1.165) is 0 Å². The molecule has 0 aliphatic carbocycles. The van der Waals surface area contributed by atoms with Gasteiger partial charge in [0.25, 0.3) is 5.41 Å². The molecule has 0 aromatic heterocycles. The van der Waals surface area contributed by atoms with Crippen molar-refractivity contribution in [1.29, 1.82) is 0 Å². The van der Waals surface area contributed by atoms with E-state index in [0.29, 0.717) is 0 Å². The summed E-state index contributed by atoms with van der Waals surface area (Å²) in [6.07, 6.45) is -29.6. The Morgan fingerprint density at radius 3 is 0.778 bits per heavy atom. The van der Waals surface area contributed by atoms with Gasteiger partial charge in [-0.05, 0) is 0 Å². The molecule has 1 rings (SSSR count). The largest absolute Gasteiger partial charge is 0.422 e. The van der Waals surface area contributed by atoms with Gasteiger partial charge in [0.1, 0.15) is 5.56 Å². The third kappa shape index (κ3) is 3.15. The molecule has 0 unspecified atom stereocenters. The fourth-order valence-corrected chi connectivity index (χ4v) is 2.12. The molecule has 27 heavy (non-hydrogen) atoms. The van der Waals surface area contributed by atoms with Crippen LogP contribution in [0.25, 0.3) is 0 Å². The van der Waals surface area contributed by atoms with E-state index in [-0.39, 0.29) is 0 Å². The van der Waals surface area contributed by atoms with Crippen LogP contribution in [0.4, 0.5) is 70.2 Å². The smallest absolute Gasteiger partial charge is 0.203 e. The topological polar surface area (TPSA) is 0 Å². The Morgan fingerprint density at radius 2 is 0.593 bits per heavy atom. The summed E-state index contributed by atoms with van der Waals surface area (Å²) in [4.78, 5) is 0. The maximum absolute atomic E-state index is 13.5. The molecule has 16 heteroatoms. The summed E-state index contributed by atoms with van der Waals surface area (Å²) in [6, 6.07) is 0. The highest BCUT2D eigenvalue weighted by Gasteiger charge is 2.86. The van der Waals surface area contributed by atoms with Crippen molar-refractivity contribution in [2.24, 2.45) is 0 Å². The fraction of sp³-hybridized carbons (Fsp3) is 0.455.